The standard InChI is InChI=1S/C49H49ClFN5O6/c1-48(2)46(49(3,4)47(48)62-34-15-13-31(23-52)37(50)22-34)55-26-32-19-29(20-38(51)41(32)45(55)61)11-9-27-5-7-28(8-6-27)10-12-30-24-54(25-30)33-14-16-35-36(21-33)44(60)56(43(35)59)39-17-18-40(57)53-42(39)58/h13-16,19-22,27-28,30,39,46-47H,5-8,10,12,17-18,24-26H2,1-4H3,(H,53,57,58). The van der Waals surface area contributed by atoms with Crippen LogP contribution in [0.2, 0.25) is 5.02 Å². The highest BCUT2D eigenvalue weighted by atomic mass is 35.5. The van der Waals surface area contributed by atoms with Crippen LogP contribution < -0.4 is 15.0 Å². The summed E-state index contributed by atoms with van der Waals surface area (Å²) in [6.45, 7) is 10.3. The van der Waals surface area contributed by atoms with E-state index in [2.05, 4.69) is 55.8 Å². The van der Waals surface area contributed by atoms with Crippen molar-refractivity contribution in [2.24, 2.45) is 28.6 Å². The van der Waals surface area contributed by atoms with E-state index in [0.717, 1.165) is 62.2 Å². The van der Waals surface area contributed by atoms with Crippen molar-refractivity contribution < 1.29 is 33.1 Å². The van der Waals surface area contributed by atoms with Gasteiger partial charge in [0, 0.05) is 66.2 Å². The van der Waals surface area contributed by atoms with Crippen LogP contribution in [0.25, 0.3) is 0 Å². The molecule has 2 saturated heterocycles. The third-order valence-electron chi connectivity index (χ3n) is 14.4. The summed E-state index contributed by atoms with van der Waals surface area (Å²) >= 11 is 6.28. The molecule has 62 heavy (non-hydrogen) atoms. The van der Waals surface area contributed by atoms with Crippen molar-refractivity contribution >= 4 is 46.8 Å². The molecule has 2 aliphatic carbocycles. The molecule has 1 unspecified atom stereocenters. The second kappa shape index (κ2) is 15.6. The van der Waals surface area contributed by atoms with E-state index in [4.69, 9.17) is 16.3 Å². The van der Waals surface area contributed by atoms with Gasteiger partial charge in [0.05, 0.1) is 27.3 Å². The fourth-order valence-corrected chi connectivity index (χ4v) is 11.8. The highest BCUT2D eigenvalue weighted by molar-refractivity contribution is 6.31. The molecule has 13 heteroatoms. The third kappa shape index (κ3) is 7.10. The number of carbonyl (C=O) groups is 5. The summed E-state index contributed by atoms with van der Waals surface area (Å²) in [7, 11) is 0. The van der Waals surface area contributed by atoms with Crippen LogP contribution in [0.15, 0.2) is 48.5 Å². The molecule has 4 fully saturated rings. The molecule has 9 rings (SSSR count). The van der Waals surface area contributed by atoms with Gasteiger partial charge in [0.25, 0.3) is 17.7 Å². The van der Waals surface area contributed by atoms with Crippen LogP contribution in [-0.2, 0) is 16.1 Å². The first kappa shape index (κ1) is 41.6. The number of nitrogens with zero attached hydrogens (tertiary/aromatic N) is 4. The van der Waals surface area contributed by atoms with E-state index in [9.17, 15) is 29.2 Å². The van der Waals surface area contributed by atoms with Crippen LogP contribution >= 0.6 is 11.6 Å². The van der Waals surface area contributed by atoms with Crippen molar-refractivity contribution in [3.05, 3.63) is 92.8 Å². The van der Waals surface area contributed by atoms with E-state index in [-0.39, 0.29) is 47.9 Å². The molecule has 5 amide bonds. The van der Waals surface area contributed by atoms with Crippen LogP contribution in [0.1, 0.15) is 127 Å². The van der Waals surface area contributed by atoms with Gasteiger partial charge in [-0.2, -0.15) is 5.26 Å². The van der Waals surface area contributed by atoms with Gasteiger partial charge in [0.2, 0.25) is 11.8 Å². The van der Waals surface area contributed by atoms with Crippen LogP contribution in [-0.4, -0.2) is 70.6 Å². The van der Waals surface area contributed by atoms with Crippen molar-refractivity contribution in [3.63, 3.8) is 0 Å². The average Bonchev–Trinajstić information content (AvgIpc) is 3.66. The smallest absolute Gasteiger partial charge is 0.262 e. The minimum absolute atomic E-state index is 0.0852. The zero-order valence-electron chi connectivity index (χ0n) is 35.4. The molecular weight excluding hydrogens is 809 g/mol. The molecular formula is C49H49ClFN5O6. The Morgan fingerprint density at radius 1 is 0.855 bits per heavy atom. The van der Waals surface area contributed by atoms with E-state index in [1.54, 1.807) is 35.2 Å². The van der Waals surface area contributed by atoms with Gasteiger partial charge in [-0.3, -0.25) is 34.2 Å². The van der Waals surface area contributed by atoms with E-state index in [1.165, 1.54) is 6.07 Å². The lowest BCUT2D eigenvalue weighted by Gasteiger charge is -2.65. The fourth-order valence-electron chi connectivity index (χ4n) is 11.6. The second-order valence-electron chi connectivity index (χ2n) is 19.2. The molecule has 6 aliphatic rings. The number of nitriles is 1. The minimum atomic E-state index is -0.978. The summed E-state index contributed by atoms with van der Waals surface area (Å²) < 4.78 is 22.1. The number of ether oxygens (including phenoxy) is 1. The van der Waals surface area contributed by atoms with Crippen molar-refractivity contribution in [2.45, 2.75) is 104 Å². The maximum absolute atomic E-state index is 15.7. The number of fused-ring (bicyclic) bond motifs is 2. The highest BCUT2D eigenvalue weighted by Gasteiger charge is 2.67. The molecule has 2 saturated carbocycles. The Balaban J connectivity index is 0.748. The number of rotatable bonds is 8. The van der Waals surface area contributed by atoms with Gasteiger partial charge < -0.3 is 14.5 Å². The molecule has 0 bridgehead atoms. The first-order valence-corrected chi connectivity index (χ1v) is 22.0. The summed E-state index contributed by atoms with van der Waals surface area (Å²) in [6, 6.07) is 14.4. The normalized spacial score (nSPS) is 26.2. The summed E-state index contributed by atoms with van der Waals surface area (Å²) in [6.07, 6.45) is 6.39. The molecule has 4 aliphatic heterocycles. The van der Waals surface area contributed by atoms with E-state index in [1.807, 2.05) is 12.1 Å². The third-order valence-corrected chi connectivity index (χ3v) is 14.7. The largest absolute Gasteiger partial charge is 0.489 e. The number of imide groups is 2. The van der Waals surface area contributed by atoms with Gasteiger partial charge in [0.15, 0.2) is 0 Å². The molecule has 3 aromatic carbocycles. The van der Waals surface area contributed by atoms with E-state index < -0.39 is 46.3 Å². The van der Waals surface area contributed by atoms with Crippen LogP contribution in [0.3, 0.4) is 0 Å². The first-order chi connectivity index (χ1) is 29.5. The number of halogens is 2. The highest BCUT2D eigenvalue weighted by Crippen LogP contribution is 2.59. The molecule has 3 aromatic rings. The van der Waals surface area contributed by atoms with Gasteiger partial charge in [-0.05, 0) is 98.4 Å². The van der Waals surface area contributed by atoms with E-state index >= 15 is 4.39 Å². The zero-order valence-corrected chi connectivity index (χ0v) is 36.1. The molecule has 1 atom stereocenters. The van der Waals surface area contributed by atoms with Gasteiger partial charge in [-0.15, -0.1) is 0 Å². The molecule has 320 valence electrons. The number of benzene rings is 3. The lowest BCUT2D eigenvalue weighted by molar-refractivity contribution is -0.199. The number of hydrogen-bond acceptors (Lipinski definition) is 8. The minimum Gasteiger partial charge on any atom is -0.489 e. The topological polar surface area (TPSA) is 140 Å². The van der Waals surface area contributed by atoms with Crippen LogP contribution in [0.4, 0.5) is 10.1 Å². The van der Waals surface area contributed by atoms with Gasteiger partial charge in [-0.25, -0.2) is 4.39 Å². The Kier molecular flexibility index (Phi) is 10.5. The second-order valence-corrected chi connectivity index (χ2v) is 19.6. The number of carbonyl (C=O) groups excluding carboxylic acids is 5. The maximum atomic E-state index is 15.7. The molecule has 1 N–H and O–H groups in total. The average molecular weight is 858 g/mol. The Morgan fingerprint density at radius 2 is 1.56 bits per heavy atom. The quantitative estimate of drug-likeness (QED) is 0.180. The maximum Gasteiger partial charge on any atom is 0.262 e. The van der Waals surface area contributed by atoms with E-state index in [0.29, 0.717) is 51.4 Å². The predicted octanol–water partition coefficient (Wildman–Crippen LogP) is 7.66. The SMILES string of the molecule is CC1(C)C(Oc2ccc(C#N)c(Cl)c2)C(C)(C)C1N1Cc2cc(C#CC3CCC(CCC4CN(c5ccc6c(c5)C(=O)N(C5CCC(=O)NC5=O)C6=O)C4)CC3)cc(F)c2C1=O. The summed E-state index contributed by atoms with van der Waals surface area (Å²) in [5, 5.41) is 11.8. The number of anilines is 1. The molecule has 0 spiro atoms. The van der Waals surface area contributed by atoms with Crippen LogP contribution in [0.5, 0.6) is 5.75 Å². The Hall–Kier alpha value is -5.72. The van der Waals surface area contributed by atoms with Crippen molar-refractivity contribution in [2.75, 3.05) is 18.0 Å². The zero-order chi connectivity index (χ0) is 43.8. The number of amides is 5. The Morgan fingerprint density at radius 3 is 2.26 bits per heavy atom. The van der Waals surface area contributed by atoms with Gasteiger partial charge >= 0.3 is 0 Å². The van der Waals surface area contributed by atoms with Crippen molar-refractivity contribution in [1.82, 2.24) is 15.1 Å². The fraction of sp³-hybridized carbons (Fsp3) is 0.469. The summed E-state index contributed by atoms with van der Waals surface area (Å²) in [5.74, 6) is 5.78. The van der Waals surface area contributed by atoms with Crippen molar-refractivity contribution in [3.8, 4) is 23.7 Å². The lowest BCUT2D eigenvalue weighted by atomic mass is 9.49. The Bertz CT molecular complexity index is 2520. The Labute approximate surface area is 365 Å². The first-order valence-electron chi connectivity index (χ1n) is 21.7. The van der Waals surface area contributed by atoms with Crippen LogP contribution in [0, 0.1) is 57.6 Å². The lowest BCUT2D eigenvalue weighted by Crippen LogP contribution is -2.74. The predicted molar refractivity (Wildman–Crippen MR) is 229 cm³/mol. The monoisotopic (exact) mass is 857 g/mol. The van der Waals surface area contributed by atoms with Gasteiger partial charge in [0.1, 0.15) is 29.8 Å². The number of hydrogen-bond donors (Lipinski definition) is 1. The number of nitrogens with one attached hydrogen (secondary N) is 1. The number of piperidine rings is 1. The summed E-state index contributed by atoms with van der Waals surface area (Å²) in [5.41, 5.74) is 2.29. The summed E-state index contributed by atoms with van der Waals surface area (Å²) in [4.78, 5) is 69.2. The molecule has 0 aromatic heterocycles. The van der Waals surface area contributed by atoms with Crippen molar-refractivity contribution in [1.29, 1.82) is 5.26 Å². The van der Waals surface area contributed by atoms with Gasteiger partial charge in [-0.1, -0.05) is 57.6 Å². The molecule has 11 nitrogen and oxygen atoms in total. The molecule has 0 radical (unpaired) electrons. The molecule has 4 heterocycles.